The monoisotopic (exact) mass is 492 g/mol. The number of imide groups is 1. The van der Waals surface area contributed by atoms with E-state index in [1.165, 1.54) is 4.90 Å². The van der Waals surface area contributed by atoms with Crippen molar-refractivity contribution < 1.29 is 19.1 Å². The van der Waals surface area contributed by atoms with E-state index in [-0.39, 0.29) is 30.8 Å². The average Bonchev–Trinajstić information content (AvgIpc) is 3.05. The minimum atomic E-state index is -0.341. The van der Waals surface area contributed by atoms with Gasteiger partial charge in [0.05, 0.1) is 17.7 Å². The predicted octanol–water partition coefficient (Wildman–Crippen LogP) is 4.79. The van der Waals surface area contributed by atoms with Gasteiger partial charge in [0.25, 0.3) is 17.7 Å². The quantitative estimate of drug-likeness (QED) is 0.444. The second-order valence-corrected chi connectivity index (χ2v) is 8.12. The number of halogens is 1. The van der Waals surface area contributed by atoms with E-state index < -0.39 is 0 Å². The molecule has 1 heterocycles. The number of anilines is 1. The van der Waals surface area contributed by atoms with Crippen molar-refractivity contribution in [3.63, 3.8) is 0 Å². The van der Waals surface area contributed by atoms with Gasteiger partial charge in [0, 0.05) is 28.8 Å². The van der Waals surface area contributed by atoms with Crippen LogP contribution in [0.25, 0.3) is 0 Å². The molecular weight excluding hydrogens is 472 g/mol. The maximum Gasteiger partial charge on any atom is 0.261 e. The Labute approximate surface area is 194 Å². The average molecular weight is 493 g/mol. The summed E-state index contributed by atoms with van der Waals surface area (Å²) in [6.45, 7) is 2.68. The third-order valence-electron chi connectivity index (χ3n) is 5.20. The van der Waals surface area contributed by atoms with Crippen LogP contribution in [0.3, 0.4) is 0 Å². The maximum atomic E-state index is 13.4. The Morgan fingerprint density at radius 1 is 0.938 bits per heavy atom. The molecule has 3 aromatic carbocycles. The molecule has 32 heavy (non-hydrogen) atoms. The molecule has 0 unspecified atom stereocenters. The Balaban J connectivity index is 1.60. The summed E-state index contributed by atoms with van der Waals surface area (Å²) >= 11 is 3.40. The number of nitrogens with zero attached hydrogens (tertiary/aromatic N) is 2. The molecule has 0 fully saturated rings. The van der Waals surface area contributed by atoms with Gasteiger partial charge in [0.1, 0.15) is 5.75 Å². The summed E-state index contributed by atoms with van der Waals surface area (Å²) < 4.78 is 6.29. The van der Waals surface area contributed by atoms with Crippen LogP contribution in [0.1, 0.15) is 38.0 Å². The second-order valence-electron chi connectivity index (χ2n) is 7.20. The molecule has 7 heteroatoms. The summed E-state index contributed by atoms with van der Waals surface area (Å²) in [6.07, 6.45) is 0. The largest absolute Gasteiger partial charge is 0.494 e. The number of hydrogen-bond donors (Lipinski definition) is 0. The molecule has 162 valence electrons. The van der Waals surface area contributed by atoms with E-state index in [0.29, 0.717) is 34.7 Å². The van der Waals surface area contributed by atoms with Crippen molar-refractivity contribution in [1.82, 2.24) is 4.90 Å². The van der Waals surface area contributed by atoms with Crippen molar-refractivity contribution in [2.45, 2.75) is 6.92 Å². The number of hydrogen-bond acceptors (Lipinski definition) is 4. The van der Waals surface area contributed by atoms with Crippen LogP contribution in [-0.4, -0.2) is 42.3 Å². The Morgan fingerprint density at radius 3 is 2.19 bits per heavy atom. The number of benzene rings is 3. The highest BCUT2D eigenvalue weighted by atomic mass is 79.9. The Morgan fingerprint density at radius 2 is 1.59 bits per heavy atom. The Hall–Kier alpha value is -3.45. The van der Waals surface area contributed by atoms with Gasteiger partial charge in [-0.15, -0.1) is 0 Å². The normalized spacial score (nSPS) is 12.6. The van der Waals surface area contributed by atoms with Gasteiger partial charge in [-0.2, -0.15) is 0 Å². The number of amides is 3. The third-order valence-corrected chi connectivity index (χ3v) is 5.69. The fourth-order valence-electron chi connectivity index (χ4n) is 3.66. The van der Waals surface area contributed by atoms with E-state index in [1.54, 1.807) is 71.6 Å². The van der Waals surface area contributed by atoms with Crippen LogP contribution in [0.5, 0.6) is 5.75 Å². The number of rotatable bonds is 7. The first-order chi connectivity index (χ1) is 15.5. The lowest BCUT2D eigenvalue weighted by atomic mass is 10.1. The van der Waals surface area contributed by atoms with Gasteiger partial charge in [-0.25, -0.2) is 0 Å². The highest BCUT2D eigenvalue weighted by molar-refractivity contribution is 9.10. The molecule has 3 amide bonds. The van der Waals surface area contributed by atoms with E-state index in [1.807, 2.05) is 13.0 Å². The fourth-order valence-corrected chi connectivity index (χ4v) is 4.06. The number of fused-ring (bicyclic) bond motifs is 1. The maximum absolute atomic E-state index is 13.4. The minimum Gasteiger partial charge on any atom is -0.494 e. The van der Waals surface area contributed by atoms with Gasteiger partial charge in [0.15, 0.2) is 0 Å². The van der Waals surface area contributed by atoms with E-state index in [0.717, 1.165) is 4.47 Å². The molecule has 3 aromatic rings. The third kappa shape index (κ3) is 4.29. The first kappa shape index (κ1) is 21.8. The summed E-state index contributed by atoms with van der Waals surface area (Å²) in [5, 5.41) is 0. The summed E-state index contributed by atoms with van der Waals surface area (Å²) in [5.41, 5.74) is 1.93. The molecule has 0 aliphatic carbocycles. The number of ether oxygens (including phenoxy) is 1. The molecule has 0 saturated carbocycles. The summed E-state index contributed by atoms with van der Waals surface area (Å²) in [4.78, 5) is 41.6. The van der Waals surface area contributed by atoms with Crippen molar-refractivity contribution >= 4 is 39.3 Å². The first-order valence-electron chi connectivity index (χ1n) is 10.2. The van der Waals surface area contributed by atoms with Crippen LogP contribution >= 0.6 is 15.9 Å². The molecule has 0 aromatic heterocycles. The minimum absolute atomic E-state index is 0.0826. The van der Waals surface area contributed by atoms with Crippen LogP contribution < -0.4 is 9.64 Å². The van der Waals surface area contributed by atoms with Crippen molar-refractivity contribution in [3.05, 3.63) is 94.0 Å². The summed E-state index contributed by atoms with van der Waals surface area (Å²) in [5.74, 6) is -0.210. The second kappa shape index (κ2) is 9.36. The lowest BCUT2D eigenvalue weighted by Crippen LogP contribution is -2.41. The van der Waals surface area contributed by atoms with Crippen molar-refractivity contribution in [2.75, 3.05) is 24.6 Å². The molecule has 1 aliphatic rings. The lowest BCUT2D eigenvalue weighted by molar-refractivity contribution is 0.0654. The Bertz CT molecular complexity index is 1140. The van der Waals surface area contributed by atoms with E-state index >= 15 is 0 Å². The van der Waals surface area contributed by atoms with E-state index in [2.05, 4.69) is 15.9 Å². The van der Waals surface area contributed by atoms with Crippen LogP contribution in [0.15, 0.2) is 77.3 Å². The van der Waals surface area contributed by atoms with Gasteiger partial charge < -0.3 is 9.64 Å². The molecule has 0 spiro atoms. The van der Waals surface area contributed by atoms with Crippen molar-refractivity contribution in [2.24, 2.45) is 0 Å². The van der Waals surface area contributed by atoms with Crippen molar-refractivity contribution in [1.29, 1.82) is 0 Å². The molecule has 0 bridgehead atoms. The number of carbonyl (C=O) groups is 3. The molecule has 0 radical (unpaired) electrons. The summed E-state index contributed by atoms with van der Waals surface area (Å²) in [6, 6.07) is 21.0. The summed E-state index contributed by atoms with van der Waals surface area (Å²) in [7, 11) is 0. The van der Waals surface area contributed by atoms with Gasteiger partial charge >= 0.3 is 0 Å². The zero-order chi connectivity index (χ0) is 22.7. The van der Waals surface area contributed by atoms with Crippen LogP contribution in [0, 0.1) is 0 Å². The Kier molecular flexibility index (Phi) is 6.37. The highest BCUT2D eigenvalue weighted by Crippen LogP contribution is 2.25. The SMILES string of the molecule is CCOc1ccc(N(CCN2C(=O)c3ccccc3C2=O)C(=O)c2cccc(Br)c2)cc1. The van der Waals surface area contributed by atoms with E-state index in [4.69, 9.17) is 4.74 Å². The molecule has 1 aliphatic heterocycles. The lowest BCUT2D eigenvalue weighted by Gasteiger charge is -2.25. The zero-order valence-corrected chi connectivity index (χ0v) is 19.0. The molecule has 0 saturated heterocycles. The zero-order valence-electron chi connectivity index (χ0n) is 17.5. The molecule has 0 atom stereocenters. The van der Waals surface area contributed by atoms with Gasteiger partial charge in [-0.05, 0) is 61.5 Å². The predicted molar refractivity (Wildman–Crippen MR) is 125 cm³/mol. The van der Waals surface area contributed by atoms with Crippen LogP contribution in [0.2, 0.25) is 0 Å². The van der Waals surface area contributed by atoms with Gasteiger partial charge in [-0.3, -0.25) is 19.3 Å². The van der Waals surface area contributed by atoms with Crippen molar-refractivity contribution in [3.8, 4) is 5.75 Å². The van der Waals surface area contributed by atoms with Gasteiger partial charge in [-0.1, -0.05) is 34.1 Å². The van der Waals surface area contributed by atoms with E-state index in [9.17, 15) is 14.4 Å². The standard InChI is InChI=1S/C25H21BrN2O4/c1-2-32-20-12-10-19(11-13-20)27(23(29)17-6-5-7-18(26)16-17)14-15-28-24(30)21-8-3-4-9-22(21)25(28)31/h3-13,16H,2,14-15H2,1H3. The highest BCUT2D eigenvalue weighted by Gasteiger charge is 2.35. The number of carbonyl (C=O) groups excluding carboxylic acids is 3. The molecule has 4 rings (SSSR count). The molecular formula is C25H21BrN2O4. The first-order valence-corrected chi connectivity index (χ1v) is 11.0. The topological polar surface area (TPSA) is 66.9 Å². The van der Waals surface area contributed by atoms with Crippen LogP contribution in [-0.2, 0) is 0 Å². The van der Waals surface area contributed by atoms with Crippen LogP contribution in [0.4, 0.5) is 5.69 Å². The van der Waals surface area contributed by atoms with Gasteiger partial charge in [0.2, 0.25) is 0 Å². The fraction of sp³-hybridized carbons (Fsp3) is 0.160. The smallest absolute Gasteiger partial charge is 0.261 e. The molecule has 0 N–H and O–H groups in total. The molecule has 6 nitrogen and oxygen atoms in total.